The Balaban J connectivity index is 1.96. The summed E-state index contributed by atoms with van der Waals surface area (Å²) in [6.07, 6.45) is 0.899. The van der Waals surface area contributed by atoms with Gasteiger partial charge in [-0.2, -0.15) is 0 Å². The second-order valence-electron chi connectivity index (χ2n) is 5.21. The van der Waals surface area contributed by atoms with E-state index in [0.717, 1.165) is 28.8 Å². The topological polar surface area (TPSA) is 68.2 Å². The number of hydrogen-bond donors (Lipinski definition) is 1. The molecule has 23 heavy (non-hydrogen) atoms. The predicted molar refractivity (Wildman–Crippen MR) is 93.7 cm³/mol. The molecular weight excluding hydrogens is 332 g/mol. The molecule has 5 nitrogen and oxygen atoms in total. The smallest absolute Gasteiger partial charge is 0.302 e. The van der Waals surface area contributed by atoms with Crippen LogP contribution in [0.25, 0.3) is 10.2 Å². The minimum atomic E-state index is -3.68. The molecule has 0 radical (unpaired) electrons. The van der Waals surface area contributed by atoms with Crippen molar-refractivity contribution in [2.75, 3.05) is 4.72 Å². The lowest BCUT2D eigenvalue weighted by Crippen LogP contribution is -2.13. The number of aromatic nitrogens is 1. The van der Waals surface area contributed by atoms with Gasteiger partial charge >= 0.3 is 4.87 Å². The largest absolute Gasteiger partial charge is 0.307 e. The fraction of sp³-hybridized carbons (Fsp3) is 0.188. The van der Waals surface area contributed by atoms with Gasteiger partial charge in [0.05, 0.1) is 15.1 Å². The Bertz CT molecular complexity index is 1020. The van der Waals surface area contributed by atoms with Crippen LogP contribution in [0.5, 0.6) is 0 Å². The molecule has 0 atom stereocenters. The maximum atomic E-state index is 12.5. The molecule has 0 spiro atoms. The monoisotopic (exact) mass is 348 g/mol. The molecule has 0 saturated heterocycles. The molecule has 2 aromatic carbocycles. The van der Waals surface area contributed by atoms with Gasteiger partial charge in [-0.25, -0.2) is 8.42 Å². The molecule has 1 heterocycles. The summed E-state index contributed by atoms with van der Waals surface area (Å²) >= 11 is 1.04. The normalized spacial score (nSPS) is 11.7. The van der Waals surface area contributed by atoms with E-state index in [1.165, 1.54) is 16.7 Å². The van der Waals surface area contributed by atoms with E-state index in [1.807, 2.05) is 19.1 Å². The summed E-state index contributed by atoms with van der Waals surface area (Å²) in [5.74, 6) is 0. The fourth-order valence-corrected chi connectivity index (χ4v) is 4.38. The molecular formula is C16H16N2O3S2. The molecule has 0 aliphatic rings. The number of aryl methyl sites for hydroxylation is 2. The van der Waals surface area contributed by atoms with Gasteiger partial charge in [0.1, 0.15) is 0 Å². The van der Waals surface area contributed by atoms with E-state index < -0.39 is 10.0 Å². The van der Waals surface area contributed by atoms with Crippen LogP contribution < -0.4 is 9.60 Å². The molecule has 1 aromatic heterocycles. The van der Waals surface area contributed by atoms with Crippen molar-refractivity contribution in [2.45, 2.75) is 18.2 Å². The number of nitrogens with one attached hydrogen (secondary N) is 1. The highest BCUT2D eigenvalue weighted by atomic mass is 32.2. The lowest BCUT2D eigenvalue weighted by atomic mass is 10.2. The Morgan fingerprint density at radius 1 is 1.13 bits per heavy atom. The Morgan fingerprint density at radius 2 is 1.83 bits per heavy atom. The van der Waals surface area contributed by atoms with Crippen molar-refractivity contribution in [3.8, 4) is 0 Å². The summed E-state index contributed by atoms with van der Waals surface area (Å²) in [5, 5.41) is 0. The summed E-state index contributed by atoms with van der Waals surface area (Å²) in [6.45, 7) is 2.04. The number of hydrogen-bond acceptors (Lipinski definition) is 4. The van der Waals surface area contributed by atoms with Crippen LogP contribution in [0.1, 0.15) is 12.5 Å². The number of benzene rings is 2. The highest BCUT2D eigenvalue weighted by molar-refractivity contribution is 7.92. The first-order chi connectivity index (χ1) is 10.9. The molecule has 0 saturated carbocycles. The van der Waals surface area contributed by atoms with Crippen LogP contribution in [-0.4, -0.2) is 13.0 Å². The van der Waals surface area contributed by atoms with Gasteiger partial charge < -0.3 is 4.57 Å². The molecule has 0 aliphatic heterocycles. The number of rotatable bonds is 4. The highest BCUT2D eigenvalue weighted by Crippen LogP contribution is 2.23. The van der Waals surface area contributed by atoms with E-state index in [4.69, 9.17) is 0 Å². The zero-order chi connectivity index (χ0) is 16.6. The van der Waals surface area contributed by atoms with Gasteiger partial charge in [0, 0.05) is 12.7 Å². The number of nitrogens with zero attached hydrogens (tertiary/aromatic N) is 1. The van der Waals surface area contributed by atoms with Gasteiger partial charge in [-0.15, -0.1) is 0 Å². The van der Waals surface area contributed by atoms with E-state index in [9.17, 15) is 13.2 Å². The Morgan fingerprint density at radius 3 is 2.48 bits per heavy atom. The van der Waals surface area contributed by atoms with Crippen LogP contribution in [0.2, 0.25) is 0 Å². The number of anilines is 1. The van der Waals surface area contributed by atoms with Crippen LogP contribution in [0.4, 0.5) is 5.69 Å². The lowest BCUT2D eigenvalue weighted by Gasteiger charge is -2.09. The van der Waals surface area contributed by atoms with Crippen molar-refractivity contribution in [3.05, 3.63) is 57.7 Å². The number of sulfonamides is 1. The third-order valence-corrected chi connectivity index (χ3v) is 6.06. The van der Waals surface area contributed by atoms with Crippen LogP contribution in [-0.2, 0) is 23.5 Å². The molecule has 7 heteroatoms. The van der Waals surface area contributed by atoms with Crippen molar-refractivity contribution < 1.29 is 8.42 Å². The first-order valence-electron chi connectivity index (χ1n) is 7.12. The van der Waals surface area contributed by atoms with Crippen molar-refractivity contribution >= 4 is 37.3 Å². The average molecular weight is 348 g/mol. The average Bonchev–Trinajstić information content (AvgIpc) is 2.82. The molecule has 0 amide bonds. The highest BCUT2D eigenvalue weighted by Gasteiger charge is 2.16. The van der Waals surface area contributed by atoms with Crippen molar-refractivity contribution in [3.63, 3.8) is 0 Å². The second kappa shape index (κ2) is 5.82. The Labute approximate surface area is 138 Å². The van der Waals surface area contributed by atoms with E-state index in [-0.39, 0.29) is 9.77 Å². The van der Waals surface area contributed by atoms with E-state index >= 15 is 0 Å². The van der Waals surface area contributed by atoms with Crippen molar-refractivity contribution in [1.29, 1.82) is 0 Å². The lowest BCUT2D eigenvalue weighted by molar-refractivity contribution is 0.601. The van der Waals surface area contributed by atoms with Crippen LogP contribution in [0.3, 0.4) is 0 Å². The van der Waals surface area contributed by atoms with Crippen LogP contribution in [0, 0.1) is 0 Å². The quantitative estimate of drug-likeness (QED) is 0.788. The molecule has 3 aromatic rings. The van der Waals surface area contributed by atoms with Gasteiger partial charge in [0.15, 0.2) is 0 Å². The molecule has 0 bridgehead atoms. The van der Waals surface area contributed by atoms with Gasteiger partial charge in [0.2, 0.25) is 0 Å². The minimum absolute atomic E-state index is 0.113. The minimum Gasteiger partial charge on any atom is -0.302 e. The number of thiazole rings is 1. The fourth-order valence-electron chi connectivity index (χ4n) is 2.30. The second-order valence-corrected chi connectivity index (χ2v) is 7.89. The van der Waals surface area contributed by atoms with Crippen molar-refractivity contribution in [2.24, 2.45) is 7.05 Å². The number of fused-ring (bicyclic) bond motifs is 1. The predicted octanol–water partition coefficient (Wildman–Crippen LogP) is 2.96. The summed E-state index contributed by atoms with van der Waals surface area (Å²) in [4.78, 5) is 11.7. The van der Waals surface area contributed by atoms with Crippen molar-refractivity contribution in [1.82, 2.24) is 4.57 Å². The maximum absolute atomic E-state index is 12.5. The van der Waals surface area contributed by atoms with Gasteiger partial charge in [-0.05, 0) is 42.3 Å². The molecule has 120 valence electrons. The Hall–Kier alpha value is -2.12. The standard InChI is InChI=1S/C16H16N2O3S2/c1-3-11-4-6-12(7-5-11)17-23(20,21)13-8-9-14-15(10-13)22-16(19)18(14)2/h4-10,17H,3H2,1-2H3. The third-order valence-electron chi connectivity index (χ3n) is 3.69. The van der Waals surface area contributed by atoms with Gasteiger partial charge in [-0.1, -0.05) is 30.4 Å². The van der Waals surface area contributed by atoms with E-state index in [1.54, 1.807) is 25.2 Å². The summed E-state index contributed by atoms with van der Waals surface area (Å²) in [6, 6.07) is 12.0. The zero-order valence-electron chi connectivity index (χ0n) is 12.7. The van der Waals surface area contributed by atoms with Crippen LogP contribution in [0.15, 0.2) is 52.2 Å². The molecule has 0 fully saturated rings. The Kier molecular flexibility index (Phi) is 3.99. The molecule has 0 aliphatic carbocycles. The van der Waals surface area contributed by atoms with Gasteiger partial charge in [0.25, 0.3) is 10.0 Å². The summed E-state index contributed by atoms with van der Waals surface area (Å²) in [5.41, 5.74) is 2.39. The SMILES string of the molecule is CCc1ccc(NS(=O)(=O)c2ccc3c(c2)sc(=O)n3C)cc1. The molecule has 3 rings (SSSR count). The first-order valence-corrected chi connectivity index (χ1v) is 9.42. The van der Waals surface area contributed by atoms with Crippen LogP contribution >= 0.6 is 11.3 Å². The first kappa shape index (κ1) is 15.8. The summed E-state index contributed by atoms with van der Waals surface area (Å²) < 4.78 is 29.7. The van der Waals surface area contributed by atoms with E-state index in [2.05, 4.69) is 4.72 Å². The third kappa shape index (κ3) is 3.02. The maximum Gasteiger partial charge on any atom is 0.307 e. The van der Waals surface area contributed by atoms with Gasteiger partial charge in [-0.3, -0.25) is 9.52 Å². The van der Waals surface area contributed by atoms with E-state index in [0.29, 0.717) is 10.4 Å². The molecule has 1 N–H and O–H groups in total. The molecule has 0 unspecified atom stereocenters. The zero-order valence-corrected chi connectivity index (χ0v) is 14.4. The summed E-state index contributed by atoms with van der Waals surface area (Å²) in [7, 11) is -2.01.